The van der Waals surface area contributed by atoms with Gasteiger partial charge in [0.05, 0.1) is 16.2 Å². The molecular weight excluding hydrogens is 246 g/mol. The maximum Gasteiger partial charge on any atom is 0.278 e. The molecule has 1 unspecified atom stereocenters. The lowest BCUT2D eigenvalue weighted by Gasteiger charge is -2.21. The zero-order valence-electron chi connectivity index (χ0n) is 11.9. The van der Waals surface area contributed by atoms with Gasteiger partial charge in [-0.15, -0.1) is 0 Å². The maximum atomic E-state index is 11.0. The van der Waals surface area contributed by atoms with E-state index in [0.717, 1.165) is 0 Å². The summed E-state index contributed by atoms with van der Waals surface area (Å²) in [6, 6.07) is 0. The molecule has 6 heteroatoms. The van der Waals surface area contributed by atoms with E-state index < -0.39 is 5.60 Å². The number of rotatable bonds is 6. The number of nitro groups is 1. The molecule has 1 atom stereocenters. The van der Waals surface area contributed by atoms with Crippen LogP contribution in [0.5, 0.6) is 0 Å². The van der Waals surface area contributed by atoms with Gasteiger partial charge in [0.1, 0.15) is 0 Å². The Balaban J connectivity index is 2.81. The normalized spacial score (nSPS) is 14.2. The van der Waals surface area contributed by atoms with Crippen LogP contribution in [0.2, 0.25) is 0 Å². The average Bonchev–Trinajstić information content (AvgIpc) is 2.31. The van der Waals surface area contributed by atoms with E-state index in [2.05, 4.69) is 10.3 Å². The van der Waals surface area contributed by atoms with Crippen LogP contribution in [0.25, 0.3) is 0 Å². The fourth-order valence-electron chi connectivity index (χ4n) is 1.80. The van der Waals surface area contributed by atoms with Crippen LogP contribution in [0, 0.1) is 24.0 Å². The highest BCUT2D eigenvalue weighted by Gasteiger charge is 2.20. The number of aliphatic hydroxyl groups is 1. The highest BCUT2D eigenvalue weighted by molar-refractivity contribution is 5.47. The number of pyridine rings is 1. The van der Waals surface area contributed by atoms with E-state index in [-0.39, 0.29) is 10.6 Å². The van der Waals surface area contributed by atoms with E-state index in [1.54, 1.807) is 20.8 Å². The van der Waals surface area contributed by atoms with Crippen molar-refractivity contribution in [2.45, 2.75) is 46.3 Å². The fourth-order valence-corrected chi connectivity index (χ4v) is 1.80. The van der Waals surface area contributed by atoms with Gasteiger partial charge in [-0.05, 0) is 27.2 Å². The van der Waals surface area contributed by atoms with Gasteiger partial charge in [-0.3, -0.25) is 15.1 Å². The Morgan fingerprint density at radius 3 is 2.68 bits per heavy atom. The summed E-state index contributed by atoms with van der Waals surface area (Å²) in [6.07, 6.45) is 2.15. The summed E-state index contributed by atoms with van der Waals surface area (Å²) in [6.45, 7) is 7.86. The third kappa shape index (κ3) is 3.97. The Labute approximate surface area is 113 Å². The number of nitrogens with one attached hydrogen (secondary N) is 1. The number of nitrogens with zero attached hydrogens (tertiary/aromatic N) is 2. The van der Waals surface area contributed by atoms with Gasteiger partial charge in [0.2, 0.25) is 0 Å². The average molecular weight is 267 g/mol. The van der Waals surface area contributed by atoms with E-state index >= 15 is 0 Å². The second kappa shape index (κ2) is 6.08. The van der Waals surface area contributed by atoms with Crippen molar-refractivity contribution >= 4 is 5.69 Å². The van der Waals surface area contributed by atoms with Crippen LogP contribution in [0.15, 0.2) is 6.20 Å². The van der Waals surface area contributed by atoms with Gasteiger partial charge in [-0.2, -0.15) is 0 Å². The van der Waals surface area contributed by atoms with Gasteiger partial charge in [-0.1, -0.05) is 6.92 Å². The summed E-state index contributed by atoms with van der Waals surface area (Å²) >= 11 is 0. The number of aryl methyl sites for hydroxylation is 1. The molecule has 0 bridgehead atoms. The van der Waals surface area contributed by atoms with Crippen molar-refractivity contribution in [2.75, 3.05) is 6.54 Å². The van der Waals surface area contributed by atoms with Crippen molar-refractivity contribution in [1.82, 2.24) is 10.3 Å². The minimum atomic E-state index is -0.773. The van der Waals surface area contributed by atoms with Crippen molar-refractivity contribution in [3.05, 3.63) is 33.1 Å². The molecule has 0 aliphatic rings. The molecule has 1 rings (SSSR count). The minimum absolute atomic E-state index is 0.119. The summed E-state index contributed by atoms with van der Waals surface area (Å²) in [5.74, 6) is 0. The highest BCUT2D eigenvalue weighted by Crippen LogP contribution is 2.23. The molecule has 106 valence electrons. The molecule has 1 aromatic rings. The van der Waals surface area contributed by atoms with Crippen LogP contribution in [-0.2, 0) is 6.54 Å². The Morgan fingerprint density at radius 1 is 1.53 bits per heavy atom. The first-order chi connectivity index (χ1) is 8.78. The largest absolute Gasteiger partial charge is 0.389 e. The molecule has 1 heterocycles. The predicted molar refractivity (Wildman–Crippen MR) is 73.0 cm³/mol. The summed E-state index contributed by atoms with van der Waals surface area (Å²) < 4.78 is 0. The zero-order valence-corrected chi connectivity index (χ0v) is 11.9. The van der Waals surface area contributed by atoms with Crippen molar-refractivity contribution < 1.29 is 10.0 Å². The molecule has 2 N–H and O–H groups in total. The number of hydrogen-bond donors (Lipinski definition) is 2. The third-order valence-corrected chi connectivity index (χ3v) is 3.32. The van der Waals surface area contributed by atoms with Gasteiger partial charge in [0.25, 0.3) is 5.69 Å². The third-order valence-electron chi connectivity index (χ3n) is 3.32. The van der Waals surface area contributed by atoms with Gasteiger partial charge in [0, 0.05) is 30.4 Å². The molecule has 0 spiro atoms. The second-order valence-corrected chi connectivity index (χ2v) is 5.07. The lowest BCUT2D eigenvalue weighted by Crippen LogP contribution is -2.37. The molecule has 0 saturated heterocycles. The van der Waals surface area contributed by atoms with E-state index in [4.69, 9.17) is 0 Å². The first-order valence-electron chi connectivity index (χ1n) is 6.31. The summed E-state index contributed by atoms with van der Waals surface area (Å²) in [5, 5.41) is 23.9. The Kier molecular flexibility index (Phi) is 4.97. The van der Waals surface area contributed by atoms with Gasteiger partial charge < -0.3 is 10.4 Å². The molecule has 0 aliphatic carbocycles. The predicted octanol–water partition coefficient (Wildman–Crippen LogP) is 1.86. The summed E-state index contributed by atoms with van der Waals surface area (Å²) in [5.41, 5.74) is 1.13. The van der Waals surface area contributed by atoms with Crippen molar-refractivity contribution in [2.24, 2.45) is 0 Å². The lowest BCUT2D eigenvalue weighted by molar-refractivity contribution is -0.386. The fraction of sp³-hybridized carbons (Fsp3) is 0.615. The quantitative estimate of drug-likeness (QED) is 0.606. The Bertz CT molecular complexity index is 472. The second-order valence-electron chi connectivity index (χ2n) is 5.07. The molecule has 0 aromatic carbocycles. The number of aromatic nitrogens is 1. The standard InChI is InChI=1S/C13H21N3O3/c1-5-13(4,17)8-14-7-11-10(3)12(16(18)19)9(2)6-15-11/h6,14,17H,5,7-8H2,1-4H3. The monoisotopic (exact) mass is 267 g/mol. The molecule has 6 nitrogen and oxygen atoms in total. The van der Waals surface area contributed by atoms with Crippen molar-refractivity contribution in [3.63, 3.8) is 0 Å². The first kappa shape index (κ1) is 15.5. The molecule has 0 radical (unpaired) electrons. The van der Waals surface area contributed by atoms with Crippen LogP contribution in [0.4, 0.5) is 5.69 Å². The smallest absolute Gasteiger partial charge is 0.278 e. The van der Waals surface area contributed by atoms with E-state index in [9.17, 15) is 15.2 Å². The first-order valence-corrected chi connectivity index (χ1v) is 6.31. The molecule has 0 fully saturated rings. The van der Waals surface area contributed by atoms with Gasteiger partial charge in [-0.25, -0.2) is 0 Å². The molecule has 1 aromatic heterocycles. The van der Waals surface area contributed by atoms with Crippen LogP contribution in [0.3, 0.4) is 0 Å². The lowest BCUT2D eigenvalue weighted by atomic mass is 10.0. The molecule has 19 heavy (non-hydrogen) atoms. The molecular formula is C13H21N3O3. The van der Waals surface area contributed by atoms with E-state index in [0.29, 0.717) is 36.3 Å². The van der Waals surface area contributed by atoms with Crippen LogP contribution >= 0.6 is 0 Å². The minimum Gasteiger partial charge on any atom is -0.389 e. The topological polar surface area (TPSA) is 88.3 Å². The molecule has 0 amide bonds. The molecule has 0 saturated carbocycles. The van der Waals surface area contributed by atoms with Crippen molar-refractivity contribution in [1.29, 1.82) is 0 Å². The van der Waals surface area contributed by atoms with Crippen LogP contribution in [-0.4, -0.2) is 27.2 Å². The van der Waals surface area contributed by atoms with Crippen molar-refractivity contribution in [3.8, 4) is 0 Å². The van der Waals surface area contributed by atoms with Gasteiger partial charge in [0.15, 0.2) is 0 Å². The van der Waals surface area contributed by atoms with Crippen LogP contribution in [0.1, 0.15) is 37.1 Å². The van der Waals surface area contributed by atoms with E-state index in [1.807, 2.05) is 6.92 Å². The van der Waals surface area contributed by atoms with E-state index in [1.165, 1.54) is 6.20 Å². The van der Waals surface area contributed by atoms with Gasteiger partial charge >= 0.3 is 0 Å². The summed E-state index contributed by atoms with van der Waals surface area (Å²) in [7, 11) is 0. The SMILES string of the molecule is CCC(C)(O)CNCc1ncc(C)c([N+](=O)[O-])c1C. The maximum absolute atomic E-state index is 11.0. The molecule has 0 aliphatic heterocycles. The summed E-state index contributed by atoms with van der Waals surface area (Å²) in [4.78, 5) is 14.8. The number of hydrogen-bond acceptors (Lipinski definition) is 5. The highest BCUT2D eigenvalue weighted by atomic mass is 16.6. The zero-order chi connectivity index (χ0) is 14.6. The Hall–Kier alpha value is -1.53. The Morgan fingerprint density at radius 2 is 2.16 bits per heavy atom. The van der Waals surface area contributed by atoms with Crippen LogP contribution < -0.4 is 5.32 Å².